The van der Waals surface area contributed by atoms with Gasteiger partial charge in [-0.15, -0.1) is 0 Å². The predicted octanol–water partition coefficient (Wildman–Crippen LogP) is 2.36. The van der Waals surface area contributed by atoms with Gasteiger partial charge in [-0.05, 0) is 78.8 Å². The number of likely N-dealkylation sites (tertiary alicyclic amines) is 1. The lowest BCUT2D eigenvalue weighted by atomic mass is 9.50. The molecule has 40 heavy (non-hydrogen) atoms. The molecule has 1 aromatic rings. The van der Waals surface area contributed by atoms with E-state index in [0.29, 0.717) is 30.1 Å². The van der Waals surface area contributed by atoms with Gasteiger partial charge in [-0.25, -0.2) is 9.59 Å². The molecule has 0 radical (unpaired) electrons. The van der Waals surface area contributed by atoms with Crippen molar-refractivity contribution in [1.82, 2.24) is 10.2 Å². The van der Waals surface area contributed by atoms with E-state index >= 15 is 0 Å². The van der Waals surface area contributed by atoms with Gasteiger partial charge in [0.15, 0.2) is 23.7 Å². The van der Waals surface area contributed by atoms with Crippen LogP contribution in [-0.4, -0.2) is 84.2 Å². The topological polar surface area (TPSA) is 133 Å². The number of likely N-dealkylation sites (N-methyl/N-ethyl adjacent to an activating group) is 1. The standard InChI is InChI=1S/C29H38N2O9/c1-15(30-24(32)16(2)37-26(34)40-27(3,4)5)25(33)38-19-10-11-29(35)20-14-17-8-9-18(36-7)22-21(17)28(29,23(19)39-22)12-13-31(20)6/h8-10,15-16,20,23,35H,11-14H2,1-7H3,(H,30,32). The highest BCUT2D eigenvalue weighted by atomic mass is 16.7. The Hall–Kier alpha value is -3.31. The van der Waals surface area contributed by atoms with Crippen molar-refractivity contribution in [1.29, 1.82) is 0 Å². The number of carbonyl (C=O) groups excluding carboxylic acids is 3. The minimum Gasteiger partial charge on any atom is -0.493 e. The number of hydrogen-bond donors (Lipinski definition) is 2. The molecule has 6 atom stereocenters. The van der Waals surface area contributed by atoms with Gasteiger partial charge in [0.1, 0.15) is 17.4 Å². The van der Waals surface area contributed by atoms with Crippen LogP contribution >= 0.6 is 0 Å². The minimum absolute atomic E-state index is 0.127. The Morgan fingerprint density at radius 2 is 1.95 bits per heavy atom. The van der Waals surface area contributed by atoms with E-state index in [2.05, 4.69) is 10.2 Å². The second-order valence-corrected chi connectivity index (χ2v) is 12.2. The summed E-state index contributed by atoms with van der Waals surface area (Å²) in [6, 6.07) is 2.72. The van der Waals surface area contributed by atoms with Crippen molar-refractivity contribution in [3.05, 3.63) is 35.1 Å². The number of hydrogen-bond acceptors (Lipinski definition) is 10. The first-order valence-electron chi connectivity index (χ1n) is 13.6. The third-order valence-corrected chi connectivity index (χ3v) is 8.52. The van der Waals surface area contributed by atoms with Crippen LogP contribution in [0.1, 0.15) is 58.6 Å². The van der Waals surface area contributed by atoms with Crippen LogP contribution in [0, 0.1) is 0 Å². The van der Waals surface area contributed by atoms with E-state index in [1.807, 2.05) is 19.2 Å². The van der Waals surface area contributed by atoms with Gasteiger partial charge in [0.25, 0.3) is 5.91 Å². The van der Waals surface area contributed by atoms with Crippen molar-refractivity contribution in [2.24, 2.45) is 0 Å². The third-order valence-electron chi connectivity index (χ3n) is 8.52. The minimum atomic E-state index is -1.19. The number of nitrogens with one attached hydrogen (secondary N) is 1. The molecule has 2 heterocycles. The molecule has 1 saturated heterocycles. The summed E-state index contributed by atoms with van der Waals surface area (Å²) >= 11 is 0. The van der Waals surface area contributed by atoms with Crippen molar-refractivity contribution in [3.8, 4) is 11.5 Å². The van der Waals surface area contributed by atoms with Gasteiger partial charge in [-0.1, -0.05) is 6.07 Å². The number of piperidine rings is 1. The highest BCUT2D eigenvalue weighted by Gasteiger charge is 2.72. The summed E-state index contributed by atoms with van der Waals surface area (Å²) in [5.74, 6) is 0.0451. The first-order valence-corrected chi connectivity index (χ1v) is 13.6. The van der Waals surface area contributed by atoms with Crippen LogP contribution in [0.25, 0.3) is 0 Å². The largest absolute Gasteiger partial charge is 0.509 e. The number of methoxy groups -OCH3 is 1. The number of ether oxygens (including phenoxy) is 5. The number of carbonyl (C=O) groups is 3. The second kappa shape index (κ2) is 9.66. The van der Waals surface area contributed by atoms with E-state index in [9.17, 15) is 19.5 Å². The van der Waals surface area contributed by atoms with Gasteiger partial charge in [-0.3, -0.25) is 4.79 Å². The predicted molar refractivity (Wildman–Crippen MR) is 142 cm³/mol. The van der Waals surface area contributed by atoms with Gasteiger partial charge in [0.2, 0.25) is 0 Å². The molecule has 1 amide bonds. The van der Waals surface area contributed by atoms with Gasteiger partial charge in [-0.2, -0.15) is 0 Å². The Morgan fingerprint density at radius 3 is 2.62 bits per heavy atom. The average Bonchev–Trinajstić information content (AvgIpc) is 3.22. The number of aliphatic hydroxyl groups is 1. The molecule has 2 bridgehead atoms. The van der Waals surface area contributed by atoms with Gasteiger partial charge in [0.05, 0.1) is 18.1 Å². The van der Waals surface area contributed by atoms with Crippen molar-refractivity contribution in [2.45, 2.75) is 94.8 Å². The van der Waals surface area contributed by atoms with Crippen LogP contribution in [0.15, 0.2) is 24.0 Å². The van der Waals surface area contributed by atoms with Crippen molar-refractivity contribution < 1.29 is 43.2 Å². The molecule has 2 N–H and O–H groups in total. The maximum atomic E-state index is 13.2. The molecule has 11 heteroatoms. The van der Waals surface area contributed by atoms with E-state index in [4.69, 9.17) is 23.7 Å². The van der Waals surface area contributed by atoms with E-state index in [1.165, 1.54) is 13.8 Å². The quantitative estimate of drug-likeness (QED) is 0.502. The van der Waals surface area contributed by atoms with Gasteiger partial charge < -0.3 is 39.0 Å². The fourth-order valence-corrected chi connectivity index (χ4v) is 6.65. The Kier molecular flexibility index (Phi) is 6.81. The molecule has 0 aromatic heterocycles. The smallest absolute Gasteiger partial charge is 0.493 e. The number of esters is 1. The zero-order valence-electron chi connectivity index (χ0n) is 24.0. The molecule has 5 rings (SSSR count). The first kappa shape index (κ1) is 28.2. The molecular formula is C29H38N2O9. The fourth-order valence-electron chi connectivity index (χ4n) is 6.65. The van der Waals surface area contributed by atoms with Crippen LogP contribution < -0.4 is 14.8 Å². The summed E-state index contributed by atoms with van der Waals surface area (Å²) in [4.78, 5) is 39.9. The molecular weight excluding hydrogens is 520 g/mol. The molecule has 11 nitrogen and oxygen atoms in total. The molecule has 2 aliphatic carbocycles. The van der Waals surface area contributed by atoms with Crippen LogP contribution in [0.2, 0.25) is 0 Å². The molecule has 1 fully saturated rings. The van der Waals surface area contributed by atoms with Crippen LogP contribution in [-0.2, 0) is 35.6 Å². The highest BCUT2D eigenvalue weighted by Crippen LogP contribution is 2.65. The van der Waals surface area contributed by atoms with Crippen LogP contribution in [0.5, 0.6) is 11.5 Å². The number of amides is 1. The summed E-state index contributed by atoms with van der Waals surface area (Å²) < 4.78 is 28.1. The number of benzene rings is 1. The Bertz CT molecular complexity index is 1270. The molecule has 4 aliphatic rings. The lowest BCUT2D eigenvalue weighted by Gasteiger charge is -2.61. The fraction of sp³-hybridized carbons (Fsp3) is 0.621. The van der Waals surface area contributed by atoms with Gasteiger partial charge in [0, 0.05) is 18.0 Å². The number of rotatable bonds is 6. The molecule has 1 aromatic carbocycles. The molecule has 0 saturated carbocycles. The van der Waals surface area contributed by atoms with Crippen LogP contribution in [0.4, 0.5) is 4.79 Å². The lowest BCUT2D eigenvalue weighted by Crippen LogP contribution is -2.74. The lowest BCUT2D eigenvalue weighted by molar-refractivity contribution is -0.170. The van der Waals surface area contributed by atoms with Gasteiger partial charge >= 0.3 is 12.1 Å². The number of nitrogens with zero attached hydrogens (tertiary/aromatic N) is 1. The molecule has 1 spiro atoms. The SMILES string of the molecule is COc1ccc2c3c1OC1C(OC(=O)C(C)NC(=O)C(C)OC(=O)OC(C)(C)C)=CCC4(O)C(C2)N(C)CCC314. The highest BCUT2D eigenvalue weighted by molar-refractivity contribution is 5.87. The van der Waals surface area contributed by atoms with E-state index in [-0.39, 0.29) is 12.5 Å². The van der Waals surface area contributed by atoms with Crippen molar-refractivity contribution >= 4 is 18.0 Å². The maximum Gasteiger partial charge on any atom is 0.509 e. The third kappa shape index (κ3) is 4.30. The summed E-state index contributed by atoms with van der Waals surface area (Å²) in [6.45, 7) is 8.65. The van der Waals surface area contributed by atoms with Crippen LogP contribution in [0.3, 0.4) is 0 Å². The Balaban J connectivity index is 1.35. The monoisotopic (exact) mass is 558 g/mol. The summed E-state index contributed by atoms with van der Waals surface area (Å²) in [5.41, 5.74) is -0.692. The van der Waals surface area contributed by atoms with Crippen molar-refractivity contribution in [3.63, 3.8) is 0 Å². The Morgan fingerprint density at radius 1 is 1.23 bits per heavy atom. The second-order valence-electron chi connectivity index (χ2n) is 12.2. The van der Waals surface area contributed by atoms with E-state index < -0.39 is 52.9 Å². The maximum absolute atomic E-state index is 13.2. The van der Waals surface area contributed by atoms with E-state index in [1.54, 1.807) is 34.0 Å². The molecule has 6 unspecified atom stereocenters. The first-order chi connectivity index (χ1) is 18.7. The molecule has 2 aliphatic heterocycles. The average molecular weight is 559 g/mol. The normalized spacial score (nSPS) is 29.6. The Labute approximate surface area is 233 Å². The molecule has 218 valence electrons. The summed E-state index contributed by atoms with van der Waals surface area (Å²) in [5, 5.41) is 14.8. The summed E-state index contributed by atoms with van der Waals surface area (Å²) in [6.07, 6.45) is 0.364. The van der Waals surface area contributed by atoms with Crippen molar-refractivity contribution in [2.75, 3.05) is 20.7 Å². The summed E-state index contributed by atoms with van der Waals surface area (Å²) in [7, 11) is 3.59. The van der Waals surface area contributed by atoms with E-state index in [0.717, 1.165) is 17.7 Å². The zero-order chi connectivity index (χ0) is 29.2. The zero-order valence-corrected chi connectivity index (χ0v) is 24.0.